The molecule has 0 saturated heterocycles. The van der Waals surface area contributed by atoms with Crippen LogP contribution in [0.2, 0.25) is 0 Å². The summed E-state index contributed by atoms with van der Waals surface area (Å²) in [6.45, 7) is 6.48. The minimum absolute atomic E-state index is 0.113. The van der Waals surface area contributed by atoms with E-state index in [0.717, 1.165) is 24.9 Å². The number of hydrogen-bond donors (Lipinski definition) is 2. The molecule has 0 atom stereocenters. The third-order valence-corrected chi connectivity index (χ3v) is 3.23. The molecule has 0 aliphatic heterocycles. The summed E-state index contributed by atoms with van der Waals surface area (Å²) in [7, 11) is 0. The zero-order valence-corrected chi connectivity index (χ0v) is 10.0. The van der Waals surface area contributed by atoms with Crippen molar-refractivity contribution in [1.82, 2.24) is 10.6 Å². The van der Waals surface area contributed by atoms with Crippen LogP contribution in [0.5, 0.6) is 0 Å². The van der Waals surface area contributed by atoms with Gasteiger partial charge in [-0.1, -0.05) is 19.8 Å². The maximum Gasteiger partial charge on any atom is 0.233 e. The quantitative estimate of drug-likeness (QED) is 0.726. The lowest BCUT2D eigenvalue weighted by Crippen LogP contribution is -2.36. The predicted molar refractivity (Wildman–Crippen MR) is 62.7 cm³/mol. The van der Waals surface area contributed by atoms with E-state index in [9.17, 15) is 4.79 Å². The summed E-state index contributed by atoms with van der Waals surface area (Å²) < 4.78 is 0. The lowest BCUT2D eigenvalue weighted by molar-refractivity contribution is -0.120. The Bertz CT molecular complexity index is 186. The number of carbonyl (C=O) groups is 1. The van der Waals surface area contributed by atoms with Gasteiger partial charge in [0, 0.05) is 6.54 Å². The van der Waals surface area contributed by atoms with Crippen LogP contribution in [0.3, 0.4) is 0 Å². The second-order valence-electron chi connectivity index (χ2n) is 4.71. The molecule has 1 saturated carbocycles. The molecule has 0 bridgehead atoms. The molecule has 0 aromatic rings. The van der Waals surface area contributed by atoms with Gasteiger partial charge in [0.1, 0.15) is 0 Å². The molecule has 1 aliphatic rings. The van der Waals surface area contributed by atoms with Crippen molar-refractivity contribution < 1.29 is 4.79 Å². The number of carbonyl (C=O) groups excluding carboxylic acids is 1. The number of hydrogen-bond acceptors (Lipinski definition) is 2. The molecule has 3 heteroatoms. The van der Waals surface area contributed by atoms with Crippen molar-refractivity contribution in [2.45, 2.75) is 39.5 Å². The average Bonchev–Trinajstić information content (AvgIpc) is 2.21. The van der Waals surface area contributed by atoms with Gasteiger partial charge in [-0.15, -0.1) is 0 Å². The van der Waals surface area contributed by atoms with E-state index in [2.05, 4.69) is 17.6 Å². The van der Waals surface area contributed by atoms with E-state index in [4.69, 9.17) is 0 Å². The molecule has 88 valence electrons. The molecule has 1 fully saturated rings. The van der Waals surface area contributed by atoms with E-state index < -0.39 is 0 Å². The summed E-state index contributed by atoms with van der Waals surface area (Å²) in [5, 5.41) is 6.03. The zero-order chi connectivity index (χ0) is 11.1. The second-order valence-corrected chi connectivity index (χ2v) is 4.71. The van der Waals surface area contributed by atoms with Crippen LogP contribution in [0, 0.1) is 11.8 Å². The highest BCUT2D eigenvalue weighted by molar-refractivity contribution is 5.77. The number of likely N-dealkylation sites (N-methyl/N-ethyl adjacent to an activating group) is 1. The fraction of sp³-hybridized carbons (Fsp3) is 0.917. The molecular weight excluding hydrogens is 188 g/mol. The first-order valence-electron chi connectivity index (χ1n) is 6.19. The summed E-state index contributed by atoms with van der Waals surface area (Å²) in [5.74, 6) is 1.81. The normalized spacial score (nSPS) is 26.3. The Hall–Kier alpha value is -0.570. The van der Waals surface area contributed by atoms with Crippen molar-refractivity contribution in [3.63, 3.8) is 0 Å². The molecule has 0 heterocycles. The Morgan fingerprint density at radius 2 is 1.93 bits per heavy atom. The highest BCUT2D eigenvalue weighted by Gasteiger charge is 2.17. The van der Waals surface area contributed by atoms with E-state index in [1.54, 1.807) is 0 Å². The first-order chi connectivity index (χ1) is 7.22. The van der Waals surface area contributed by atoms with Gasteiger partial charge in [-0.25, -0.2) is 0 Å². The predicted octanol–water partition coefficient (Wildman–Crippen LogP) is 1.54. The van der Waals surface area contributed by atoms with Crippen molar-refractivity contribution in [3.05, 3.63) is 0 Å². The highest BCUT2D eigenvalue weighted by Crippen LogP contribution is 2.27. The molecule has 3 nitrogen and oxygen atoms in total. The topological polar surface area (TPSA) is 41.1 Å². The molecule has 2 N–H and O–H groups in total. The molecule has 15 heavy (non-hydrogen) atoms. The van der Waals surface area contributed by atoms with Crippen LogP contribution in [0.15, 0.2) is 0 Å². The fourth-order valence-corrected chi connectivity index (χ4v) is 2.18. The van der Waals surface area contributed by atoms with Crippen LogP contribution in [0.4, 0.5) is 0 Å². The maximum absolute atomic E-state index is 11.2. The summed E-state index contributed by atoms with van der Waals surface area (Å²) in [6, 6.07) is 0. The minimum Gasteiger partial charge on any atom is -0.355 e. The molecule has 0 spiro atoms. The third kappa shape index (κ3) is 5.17. The van der Waals surface area contributed by atoms with Crippen molar-refractivity contribution in [2.75, 3.05) is 19.6 Å². The van der Waals surface area contributed by atoms with Crippen LogP contribution < -0.4 is 10.6 Å². The number of nitrogens with one attached hydrogen (secondary N) is 2. The smallest absolute Gasteiger partial charge is 0.233 e. The van der Waals surface area contributed by atoms with E-state index in [1.807, 2.05) is 6.92 Å². The summed E-state index contributed by atoms with van der Waals surface area (Å²) in [4.78, 5) is 11.2. The van der Waals surface area contributed by atoms with Gasteiger partial charge in [-0.05, 0) is 38.1 Å². The van der Waals surface area contributed by atoms with Gasteiger partial charge < -0.3 is 10.6 Å². The van der Waals surface area contributed by atoms with Gasteiger partial charge in [-0.2, -0.15) is 0 Å². The van der Waals surface area contributed by atoms with Gasteiger partial charge in [-0.3, -0.25) is 4.79 Å². The fourth-order valence-electron chi connectivity index (χ4n) is 2.18. The van der Waals surface area contributed by atoms with Crippen LogP contribution in [-0.4, -0.2) is 25.5 Å². The van der Waals surface area contributed by atoms with Gasteiger partial charge >= 0.3 is 0 Å². The van der Waals surface area contributed by atoms with Gasteiger partial charge in [0.15, 0.2) is 0 Å². The molecule has 0 radical (unpaired) electrons. The van der Waals surface area contributed by atoms with E-state index in [0.29, 0.717) is 6.54 Å². The third-order valence-electron chi connectivity index (χ3n) is 3.23. The molecule has 1 amide bonds. The first kappa shape index (κ1) is 12.5. The van der Waals surface area contributed by atoms with Gasteiger partial charge in [0.05, 0.1) is 6.54 Å². The zero-order valence-electron chi connectivity index (χ0n) is 10.0. The second kappa shape index (κ2) is 6.83. The van der Waals surface area contributed by atoms with Crippen molar-refractivity contribution in [1.29, 1.82) is 0 Å². The minimum atomic E-state index is 0.113. The van der Waals surface area contributed by atoms with Gasteiger partial charge in [0.25, 0.3) is 0 Å². The molecule has 1 rings (SSSR count). The first-order valence-corrected chi connectivity index (χ1v) is 6.19. The van der Waals surface area contributed by atoms with Crippen LogP contribution in [0.25, 0.3) is 0 Å². The Labute approximate surface area is 93.0 Å². The van der Waals surface area contributed by atoms with Crippen LogP contribution in [-0.2, 0) is 4.79 Å². The molecule has 0 aromatic carbocycles. The Balaban J connectivity index is 2.02. The molecule has 0 aromatic heterocycles. The lowest BCUT2D eigenvalue weighted by Gasteiger charge is -2.26. The monoisotopic (exact) mass is 212 g/mol. The lowest BCUT2D eigenvalue weighted by atomic mass is 9.83. The largest absolute Gasteiger partial charge is 0.355 e. The van der Waals surface area contributed by atoms with Crippen LogP contribution in [0.1, 0.15) is 39.5 Å². The standard InChI is InChI=1S/C12H24N2O/c1-3-14-12(15)9-13-8-11-6-4-10(2)5-7-11/h10-11,13H,3-9H2,1-2H3,(H,14,15). The number of amides is 1. The highest BCUT2D eigenvalue weighted by atomic mass is 16.1. The molecular formula is C12H24N2O. The maximum atomic E-state index is 11.2. The summed E-state index contributed by atoms with van der Waals surface area (Å²) in [6.07, 6.45) is 5.36. The average molecular weight is 212 g/mol. The Morgan fingerprint density at radius 3 is 2.53 bits per heavy atom. The number of rotatable bonds is 5. The van der Waals surface area contributed by atoms with E-state index in [1.165, 1.54) is 25.7 Å². The van der Waals surface area contributed by atoms with Crippen molar-refractivity contribution in [3.8, 4) is 0 Å². The molecule has 1 aliphatic carbocycles. The summed E-state index contributed by atoms with van der Waals surface area (Å²) in [5.41, 5.74) is 0. The van der Waals surface area contributed by atoms with Crippen molar-refractivity contribution >= 4 is 5.91 Å². The Morgan fingerprint density at radius 1 is 1.27 bits per heavy atom. The van der Waals surface area contributed by atoms with Gasteiger partial charge in [0.2, 0.25) is 5.91 Å². The van der Waals surface area contributed by atoms with Crippen LogP contribution >= 0.6 is 0 Å². The van der Waals surface area contributed by atoms with E-state index in [-0.39, 0.29) is 5.91 Å². The summed E-state index contributed by atoms with van der Waals surface area (Å²) >= 11 is 0. The Kier molecular flexibility index (Phi) is 5.69. The SMILES string of the molecule is CCNC(=O)CNCC1CCC(C)CC1. The molecule has 0 unspecified atom stereocenters. The van der Waals surface area contributed by atoms with Crippen molar-refractivity contribution in [2.24, 2.45) is 11.8 Å². The van der Waals surface area contributed by atoms with E-state index >= 15 is 0 Å².